The summed E-state index contributed by atoms with van der Waals surface area (Å²) in [4.78, 5) is 0. The van der Waals surface area contributed by atoms with Gasteiger partial charge < -0.3 is 0 Å². The summed E-state index contributed by atoms with van der Waals surface area (Å²) in [5.74, 6) is -0.0269. The summed E-state index contributed by atoms with van der Waals surface area (Å²) >= 11 is 0. The summed E-state index contributed by atoms with van der Waals surface area (Å²) in [6.07, 6.45) is 4.01. The minimum absolute atomic E-state index is 0.0400. The summed E-state index contributed by atoms with van der Waals surface area (Å²) < 4.78 is 52.7. The first kappa shape index (κ1) is 18.0. The van der Waals surface area contributed by atoms with Gasteiger partial charge >= 0.3 is 6.18 Å². The molecule has 0 unspecified atom stereocenters. The first-order chi connectivity index (χ1) is 11.9. The van der Waals surface area contributed by atoms with Crippen LogP contribution < -0.4 is 0 Å². The number of alkyl halides is 3. The van der Waals surface area contributed by atoms with Gasteiger partial charge in [0.05, 0.1) is 5.56 Å². The predicted octanol–water partition coefficient (Wildman–Crippen LogP) is 7.24. The third-order valence-corrected chi connectivity index (χ3v) is 5.38. The van der Waals surface area contributed by atoms with E-state index in [1.807, 2.05) is 12.1 Å². The molecule has 0 nitrogen and oxygen atoms in total. The minimum atomic E-state index is -4.67. The Balaban J connectivity index is 1.80. The molecule has 2 aromatic rings. The van der Waals surface area contributed by atoms with Gasteiger partial charge in [0, 0.05) is 5.39 Å². The van der Waals surface area contributed by atoms with Crippen LogP contribution in [0.1, 0.15) is 55.6 Å². The molecule has 0 N–H and O–H groups in total. The number of benzene rings is 2. The van der Waals surface area contributed by atoms with Crippen LogP contribution in [-0.2, 0) is 6.18 Å². The molecule has 4 heteroatoms. The Labute approximate surface area is 145 Å². The second kappa shape index (κ2) is 7.19. The van der Waals surface area contributed by atoms with Gasteiger partial charge in [0.1, 0.15) is 5.82 Å². The lowest BCUT2D eigenvalue weighted by molar-refractivity contribution is -0.139. The first-order valence-corrected chi connectivity index (χ1v) is 8.80. The highest BCUT2D eigenvalue weighted by molar-refractivity contribution is 5.84. The van der Waals surface area contributed by atoms with Crippen LogP contribution in [0.4, 0.5) is 17.6 Å². The van der Waals surface area contributed by atoms with Gasteiger partial charge in [-0.15, -0.1) is 6.58 Å². The van der Waals surface area contributed by atoms with E-state index in [9.17, 15) is 17.6 Å². The maximum atomic E-state index is 14.2. The highest BCUT2D eigenvalue weighted by Crippen LogP contribution is 2.39. The third kappa shape index (κ3) is 3.88. The van der Waals surface area contributed by atoms with Crippen molar-refractivity contribution in [1.29, 1.82) is 0 Å². The first-order valence-electron chi connectivity index (χ1n) is 8.80. The van der Waals surface area contributed by atoms with E-state index in [1.54, 1.807) is 6.07 Å². The van der Waals surface area contributed by atoms with Crippen LogP contribution in [0.25, 0.3) is 10.8 Å². The van der Waals surface area contributed by atoms with Crippen LogP contribution in [0.2, 0.25) is 0 Å². The molecular formula is C21H22F4. The van der Waals surface area contributed by atoms with Crippen molar-refractivity contribution in [2.75, 3.05) is 0 Å². The van der Waals surface area contributed by atoms with Crippen molar-refractivity contribution < 1.29 is 17.6 Å². The normalized spacial score (nSPS) is 21.4. The molecule has 2 aromatic carbocycles. The molecule has 0 heterocycles. The smallest absolute Gasteiger partial charge is 0.206 e. The van der Waals surface area contributed by atoms with E-state index in [-0.39, 0.29) is 5.39 Å². The summed E-state index contributed by atoms with van der Waals surface area (Å²) in [7, 11) is 0. The molecule has 0 atom stereocenters. The lowest BCUT2D eigenvalue weighted by Gasteiger charge is -2.29. The Morgan fingerprint density at radius 2 is 1.76 bits per heavy atom. The molecule has 0 saturated heterocycles. The van der Waals surface area contributed by atoms with Crippen LogP contribution in [-0.4, -0.2) is 0 Å². The van der Waals surface area contributed by atoms with E-state index in [1.165, 1.54) is 18.6 Å². The number of allylic oxidation sites excluding steroid dienone is 1. The van der Waals surface area contributed by atoms with Crippen molar-refractivity contribution in [2.24, 2.45) is 5.92 Å². The van der Waals surface area contributed by atoms with Crippen LogP contribution in [0.3, 0.4) is 0 Å². The van der Waals surface area contributed by atoms with Gasteiger partial charge in [-0.3, -0.25) is 0 Å². The second-order valence-corrected chi connectivity index (χ2v) is 6.99. The fraction of sp³-hybridized carbons (Fsp3) is 0.429. The van der Waals surface area contributed by atoms with Gasteiger partial charge in [0.25, 0.3) is 0 Å². The number of hydrogen-bond acceptors (Lipinski definition) is 0. The molecule has 0 aromatic heterocycles. The average molecular weight is 350 g/mol. The summed E-state index contributed by atoms with van der Waals surface area (Å²) in [6.45, 7) is 3.76. The zero-order valence-electron chi connectivity index (χ0n) is 14.1. The SMILES string of the molecule is C=CCCC1CCC(c2ccc3c(F)c(C(F)(F)F)ccc3c2)CC1. The van der Waals surface area contributed by atoms with E-state index >= 15 is 0 Å². The average Bonchev–Trinajstić information content (AvgIpc) is 2.59. The van der Waals surface area contributed by atoms with E-state index in [0.717, 1.165) is 49.7 Å². The molecule has 1 saturated carbocycles. The fourth-order valence-corrected chi connectivity index (χ4v) is 3.92. The Morgan fingerprint density at radius 1 is 1.04 bits per heavy atom. The predicted molar refractivity (Wildman–Crippen MR) is 93.0 cm³/mol. The number of fused-ring (bicyclic) bond motifs is 1. The lowest BCUT2D eigenvalue weighted by Crippen LogP contribution is -2.13. The summed E-state index contributed by atoms with van der Waals surface area (Å²) in [5, 5.41) is 0.579. The zero-order chi connectivity index (χ0) is 18.0. The molecular weight excluding hydrogens is 328 g/mol. The Hall–Kier alpha value is -1.84. The molecule has 3 rings (SSSR count). The monoisotopic (exact) mass is 350 g/mol. The molecule has 25 heavy (non-hydrogen) atoms. The Morgan fingerprint density at radius 3 is 2.40 bits per heavy atom. The van der Waals surface area contributed by atoms with Gasteiger partial charge in [-0.1, -0.05) is 30.3 Å². The third-order valence-electron chi connectivity index (χ3n) is 5.38. The molecule has 0 radical (unpaired) electrons. The summed E-state index contributed by atoms with van der Waals surface area (Å²) in [5.41, 5.74) is -0.0932. The standard InChI is InChI=1S/C21H22F4/c1-2-3-4-14-5-7-15(8-6-14)16-9-11-18-17(13-16)10-12-19(20(18)22)21(23,24)25/h2,9-15H,1,3-8H2. The topological polar surface area (TPSA) is 0 Å². The van der Waals surface area contributed by atoms with Crippen molar-refractivity contribution in [3.8, 4) is 0 Å². The maximum absolute atomic E-state index is 14.2. The highest BCUT2D eigenvalue weighted by atomic mass is 19.4. The van der Waals surface area contributed by atoms with E-state index < -0.39 is 17.6 Å². The lowest BCUT2D eigenvalue weighted by atomic mass is 9.77. The van der Waals surface area contributed by atoms with E-state index in [2.05, 4.69) is 6.58 Å². The highest BCUT2D eigenvalue weighted by Gasteiger charge is 2.34. The van der Waals surface area contributed by atoms with E-state index in [0.29, 0.717) is 11.3 Å². The van der Waals surface area contributed by atoms with Crippen LogP contribution >= 0.6 is 0 Å². The Kier molecular flexibility index (Phi) is 5.16. The largest absolute Gasteiger partial charge is 0.419 e. The molecule has 1 aliphatic carbocycles. The van der Waals surface area contributed by atoms with Gasteiger partial charge in [0.2, 0.25) is 0 Å². The second-order valence-electron chi connectivity index (χ2n) is 6.99. The molecule has 0 aliphatic heterocycles. The van der Waals surface area contributed by atoms with Crippen LogP contribution in [0.5, 0.6) is 0 Å². The number of rotatable bonds is 4. The number of halogens is 4. The van der Waals surface area contributed by atoms with Crippen molar-refractivity contribution in [1.82, 2.24) is 0 Å². The molecule has 1 aliphatic rings. The van der Waals surface area contributed by atoms with Crippen molar-refractivity contribution in [3.63, 3.8) is 0 Å². The minimum Gasteiger partial charge on any atom is -0.206 e. The number of hydrogen-bond donors (Lipinski definition) is 0. The van der Waals surface area contributed by atoms with Crippen LogP contribution in [0.15, 0.2) is 43.0 Å². The molecule has 1 fully saturated rings. The molecule has 134 valence electrons. The van der Waals surface area contributed by atoms with Crippen LogP contribution in [0, 0.1) is 11.7 Å². The van der Waals surface area contributed by atoms with Gasteiger partial charge in [-0.05, 0) is 67.4 Å². The Bertz CT molecular complexity index is 752. The summed E-state index contributed by atoms with van der Waals surface area (Å²) in [6, 6.07) is 7.36. The van der Waals surface area contributed by atoms with Crippen molar-refractivity contribution in [3.05, 3.63) is 59.9 Å². The van der Waals surface area contributed by atoms with E-state index in [4.69, 9.17) is 0 Å². The zero-order valence-corrected chi connectivity index (χ0v) is 14.1. The van der Waals surface area contributed by atoms with Gasteiger partial charge in [-0.25, -0.2) is 4.39 Å². The molecule has 0 amide bonds. The van der Waals surface area contributed by atoms with Gasteiger partial charge in [0.15, 0.2) is 0 Å². The fourth-order valence-electron chi connectivity index (χ4n) is 3.92. The van der Waals surface area contributed by atoms with Crippen molar-refractivity contribution in [2.45, 2.75) is 50.6 Å². The molecule has 0 spiro atoms. The van der Waals surface area contributed by atoms with Crippen molar-refractivity contribution >= 4 is 10.8 Å². The quantitative estimate of drug-likeness (QED) is 0.403. The maximum Gasteiger partial charge on any atom is 0.419 e. The van der Waals surface area contributed by atoms with Gasteiger partial charge in [-0.2, -0.15) is 13.2 Å². The molecule has 0 bridgehead atoms.